The van der Waals surface area contributed by atoms with Gasteiger partial charge in [0.05, 0.1) is 21.7 Å². The first-order valence-electron chi connectivity index (χ1n) is 5.59. The molecule has 0 saturated heterocycles. The molecule has 94 valence electrons. The van der Waals surface area contributed by atoms with E-state index in [1.807, 2.05) is 24.3 Å². The molecule has 0 heterocycles. The molecule has 0 atom stereocenters. The molecule has 4 heteroatoms. The maximum absolute atomic E-state index is 11.6. The van der Waals surface area contributed by atoms with Crippen LogP contribution in [0, 0.1) is 11.3 Å². The van der Waals surface area contributed by atoms with Gasteiger partial charge < -0.3 is 4.74 Å². The number of ether oxygens (including phenoxy) is 1. The number of carbonyl (C=O) groups excluding carboxylic acids is 1. The van der Waals surface area contributed by atoms with Crippen molar-refractivity contribution in [3.8, 4) is 17.6 Å². The summed E-state index contributed by atoms with van der Waals surface area (Å²) in [6, 6.07) is 14.1. The fourth-order valence-electron chi connectivity index (χ4n) is 1.61. The quantitative estimate of drug-likeness (QED) is 0.793. The molecule has 0 spiro atoms. The van der Waals surface area contributed by atoms with Gasteiger partial charge in [-0.1, -0.05) is 12.1 Å². The zero-order valence-corrected chi connectivity index (χ0v) is 11.8. The number of hydrogen-bond donors (Lipinski definition) is 0. The van der Waals surface area contributed by atoms with Crippen molar-refractivity contribution in [3.63, 3.8) is 0 Å². The van der Waals surface area contributed by atoms with E-state index in [-0.39, 0.29) is 5.78 Å². The first-order chi connectivity index (χ1) is 9.11. The summed E-state index contributed by atoms with van der Waals surface area (Å²) in [5.74, 6) is 0.880. The van der Waals surface area contributed by atoms with Crippen molar-refractivity contribution in [2.24, 2.45) is 0 Å². The SMILES string of the molecule is CC(=O)c1ccc(C#N)cc1Oc1ccccc1Br. The first-order valence-corrected chi connectivity index (χ1v) is 6.38. The van der Waals surface area contributed by atoms with E-state index in [1.165, 1.54) is 6.92 Å². The van der Waals surface area contributed by atoms with Gasteiger partial charge in [0.15, 0.2) is 5.78 Å². The molecule has 0 bridgehead atoms. The van der Waals surface area contributed by atoms with E-state index in [4.69, 9.17) is 10.00 Å². The van der Waals surface area contributed by atoms with Crippen LogP contribution in [0.2, 0.25) is 0 Å². The van der Waals surface area contributed by atoms with Crippen molar-refractivity contribution >= 4 is 21.7 Å². The van der Waals surface area contributed by atoms with Crippen molar-refractivity contribution in [3.05, 3.63) is 58.1 Å². The van der Waals surface area contributed by atoms with E-state index in [1.54, 1.807) is 24.3 Å². The molecule has 2 rings (SSSR count). The van der Waals surface area contributed by atoms with E-state index in [0.717, 1.165) is 4.47 Å². The number of nitriles is 1. The Morgan fingerprint density at radius 1 is 1.21 bits per heavy atom. The normalized spacial score (nSPS) is 9.74. The lowest BCUT2D eigenvalue weighted by Gasteiger charge is -2.11. The number of hydrogen-bond acceptors (Lipinski definition) is 3. The fraction of sp³-hybridized carbons (Fsp3) is 0.0667. The Morgan fingerprint density at radius 2 is 1.95 bits per heavy atom. The summed E-state index contributed by atoms with van der Waals surface area (Å²) >= 11 is 3.38. The molecule has 2 aromatic carbocycles. The average molecular weight is 316 g/mol. The van der Waals surface area contributed by atoms with Gasteiger partial charge in [0.25, 0.3) is 0 Å². The summed E-state index contributed by atoms with van der Waals surface area (Å²) in [4.78, 5) is 11.6. The zero-order chi connectivity index (χ0) is 13.8. The lowest BCUT2D eigenvalue weighted by Crippen LogP contribution is -1.98. The number of rotatable bonds is 3. The Morgan fingerprint density at radius 3 is 2.58 bits per heavy atom. The second kappa shape index (κ2) is 5.68. The Kier molecular flexibility index (Phi) is 3.98. The van der Waals surface area contributed by atoms with Crippen LogP contribution in [0.1, 0.15) is 22.8 Å². The number of para-hydroxylation sites is 1. The highest BCUT2D eigenvalue weighted by Crippen LogP contribution is 2.32. The van der Waals surface area contributed by atoms with Gasteiger partial charge in [0.1, 0.15) is 11.5 Å². The highest BCUT2D eigenvalue weighted by Gasteiger charge is 2.11. The molecule has 0 unspecified atom stereocenters. The lowest BCUT2D eigenvalue weighted by atomic mass is 10.1. The van der Waals surface area contributed by atoms with Crippen molar-refractivity contribution in [2.45, 2.75) is 6.92 Å². The van der Waals surface area contributed by atoms with Gasteiger partial charge in [-0.3, -0.25) is 4.79 Å². The van der Waals surface area contributed by atoms with Gasteiger partial charge in [0.2, 0.25) is 0 Å². The second-order valence-electron chi connectivity index (χ2n) is 3.91. The van der Waals surface area contributed by atoms with Crippen LogP contribution < -0.4 is 4.74 Å². The van der Waals surface area contributed by atoms with Crippen LogP contribution in [-0.2, 0) is 0 Å². The van der Waals surface area contributed by atoms with E-state index < -0.39 is 0 Å². The van der Waals surface area contributed by atoms with E-state index in [2.05, 4.69) is 15.9 Å². The van der Waals surface area contributed by atoms with Crippen LogP contribution in [0.5, 0.6) is 11.5 Å². The average Bonchev–Trinajstić information content (AvgIpc) is 2.41. The van der Waals surface area contributed by atoms with Crippen molar-refractivity contribution < 1.29 is 9.53 Å². The van der Waals surface area contributed by atoms with Crippen molar-refractivity contribution in [2.75, 3.05) is 0 Å². The van der Waals surface area contributed by atoms with Gasteiger partial charge in [-0.25, -0.2) is 0 Å². The third-order valence-electron chi connectivity index (χ3n) is 2.55. The Balaban J connectivity index is 2.46. The van der Waals surface area contributed by atoms with Crippen LogP contribution >= 0.6 is 15.9 Å². The van der Waals surface area contributed by atoms with Gasteiger partial charge in [-0.15, -0.1) is 0 Å². The minimum absolute atomic E-state index is 0.105. The smallest absolute Gasteiger partial charge is 0.163 e. The van der Waals surface area contributed by atoms with Gasteiger partial charge in [0, 0.05) is 0 Å². The molecule has 0 amide bonds. The summed E-state index contributed by atoms with van der Waals surface area (Å²) in [6.07, 6.45) is 0. The summed E-state index contributed by atoms with van der Waals surface area (Å²) in [7, 11) is 0. The highest BCUT2D eigenvalue weighted by atomic mass is 79.9. The summed E-state index contributed by atoms with van der Waals surface area (Å²) in [5, 5.41) is 8.91. The molecular formula is C15H10BrNO2. The number of benzene rings is 2. The topological polar surface area (TPSA) is 50.1 Å². The van der Waals surface area contributed by atoms with Crippen molar-refractivity contribution in [1.82, 2.24) is 0 Å². The van der Waals surface area contributed by atoms with E-state index >= 15 is 0 Å². The Labute approximate surface area is 119 Å². The van der Waals surface area contributed by atoms with Crippen LogP contribution in [0.3, 0.4) is 0 Å². The second-order valence-corrected chi connectivity index (χ2v) is 4.77. The standard InChI is InChI=1S/C15H10BrNO2/c1-10(18)12-7-6-11(9-17)8-15(12)19-14-5-3-2-4-13(14)16/h2-8H,1H3. The predicted octanol–water partition coefficient (Wildman–Crippen LogP) is 4.32. The molecule has 19 heavy (non-hydrogen) atoms. The van der Waals surface area contributed by atoms with Crippen molar-refractivity contribution in [1.29, 1.82) is 5.26 Å². The third-order valence-corrected chi connectivity index (χ3v) is 3.20. The maximum Gasteiger partial charge on any atom is 0.163 e. The summed E-state index contributed by atoms with van der Waals surface area (Å²) in [5.41, 5.74) is 0.904. The molecule has 0 aliphatic carbocycles. The largest absolute Gasteiger partial charge is 0.455 e. The first kappa shape index (κ1) is 13.3. The molecule has 3 nitrogen and oxygen atoms in total. The number of halogens is 1. The third kappa shape index (κ3) is 3.01. The van der Waals surface area contributed by atoms with Crippen LogP contribution in [-0.4, -0.2) is 5.78 Å². The highest BCUT2D eigenvalue weighted by molar-refractivity contribution is 9.10. The monoisotopic (exact) mass is 315 g/mol. The van der Waals surface area contributed by atoms with E-state index in [0.29, 0.717) is 22.6 Å². The minimum atomic E-state index is -0.105. The van der Waals surface area contributed by atoms with Gasteiger partial charge in [-0.2, -0.15) is 5.26 Å². The summed E-state index contributed by atoms with van der Waals surface area (Å²) in [6.45, 7) is 1.47. The Hall–Kier alpha value is -2.12. The van der Waals surface area contributed by atoms with Gasteiger partial charge >= 0.3 is 0 Å². The molecule has 0 N–H and O–H groups in total. The fourth-order valence-corrected chi connectivity index (χ4v) is 1.98. The van der Waals surface area contributed by atoms with Gasteiger partial charge in [-0.05, 0) is 53.2 Å². The van der Waals surface area contributed by atoms with Crippen LogP contribution in [0.25, 0.3) is 0 Å². The lowest BCUT2D eigenvalue weighted by molar-refractivity contribution is 0.101. The minimum Gasteiger partial charge on any atom is -0.455 e. The molecule has 2 aromatic rings. The molecule has 0 aliphatic rings. The van der Waals surface area contributed by atoms with E-state index in [9.17, 15) is 4.79 Å². The van der Waals surface area contributed by atoms with Crippen LogP contribution in [0.4, 0.5) is 0 Å². The predicted molar refractivity (Wildman–Crippen MR) is 75.4 cm³/mol. The molecule has 0 aromatic heterocycles. The zero-order valence-electron chi connectivity index (χ0n) is 10.2. The number of nitrogens with zero attached hydrogens (tertiary/aromatic N) is 1. The number of Topliss-reactive ketones (excluding diaryl/α,β-unsaturated/α-hetero) is 1. The molecular weight excluding hydrogens is 306 g/mol. The molecule has 0 aliphatic heterocycles. The number of ketones is 1. The molecule has 0 fully saturated rings. The maximum atomic E-state index is 11.6. The Bertz CT molecular complexity index is 674. The summed E-state index contributed by atoms with van der Waals surface area (Å²) < 4.78 is 6.51. The van der Waals surface area contributed by atoms with Crippen LogP contribution in [0.15, 0.2) is 46.9 Å². The molecule has 0 saturated carbocycles. The molecule has 0 radical (unpaired) electrons. The number of carbonyl (C=O) groups is 1.